The van der Waals surface area contributed by atoms with Crippen LogP contribution in [0.5, 0.6) is 0 Å². The third-order valence-corrected chi connectivity index (χ3v) is 3.22. The Kier molecular flexibility index (Phi) is 2.54. The Balaban J connectivity index is 2.27. The van der Waals surface area contributed by atoms with E-state index >= 15 is 0 Å². The van der Waals surface area contributed by atoms with Gasteiger partial charge in [0.15, 0.2) is 5.52 Å². The van der Waals surface area contributed by atoms with E-state index < -0.39 is 0 Å². The van der Waals surface area contributed by atoms with Gasteiger partial charge in [-0.05, 0) is 30.3 Å². The molecular formula is C13H9Cl2N2+. The van der Waals surface area contributed by atoms with Crippen molar-refractivity contribution in [2.75, 3.05) is 0 Å². The third-order valence-electron chi connectivity index (χ3n) is 2.68. The first-order valence-corrected chi connectivity index (χ1v) is 5.94. The van der Waals surface area contributed by atoms with Gasteiger partial charge in [0.05, 0.1) is 16.8 Å². The number of benzene rings is 1. The molecule has 0 aliphatic rings. The molecule has 0 radical (unpaired) electrons. The van der Waals surface area contributed by atoms with Gasteiger partial charge in [-0.25, -0.2) is 4.98 Å². The number of rotatable bonds is 1. The normalized spacial score (nSPS) is 10.9. The van der Waals surface area contributed by atoms with Gasteiger partial charge in [-0.1, -0.05) is 29.3 Å². The second-order valence-electron chi connectivity index (χ2n) is 3.76. The van der Waals surface area contributed by atoms with E-state index in [1.54, 1.807) is 6.07 Å². The highest BCUT2D eigenvalue weighted by Crippen LogP contribution is 2.27. The highest BCUT2D eigenvalue weighted by molar-refractivity contribution is 6.36. The minimum atomic E-state index is 0.637. The molecular weight excluding hydrogens is 255 g/mol. The van der Waals surface area contributed by atoms with Crippen LogP contribution in [0.25, 0.3) is 16.9 Å². The average Bonchev–Trinajstić information content (AvgIpc) is 2.73. The highest BCUT2D eigenvalue weighted by atomic mass is 35.5. The maximum atomic E-state index is 6.20. The van der Waals surface area contributed by atoms with Gasteiger partial charge in [-0.2, -0.15) is 4.40 Å². The zero-order valence-corrected chi connectivity index (χ0v) is 10.3. The van der Waals surface area contributed by atoms with Crippen LogP contribution >= 0.6 is 23.2 Å². The molecule has 0 bridgehead atoms. The number of halogens is 2. The van der Waals surface area contributed by atoms with E-state index in [-0.39, 0.29) is 0 Å². The van der Waals surface area contributed by atoms with Gasteiger partial charge >= 0.3 is 0 Å². The topological polar surface area (TPSA) is 19.9 Å². The summed E-state index contributed by atoms with van der Waals surface area (Å²) in [4.78, 5) is 3.23. The zero-order valence-electron chi connectivity index (χ0n) is 8.82. The molecule has 84 valence electrons. The number of aromatic nitrogens is 2. The van der Waals surface area contributed by atoms with Gasteiger partial charge in [0.1, 0.15) is 6.20 Å². The quantitative estimate of drug-likeness (QED) is 0.646. The monoisotopic (exact) mass is 263 g/mol. The van der Waals surface area contributed by atoms with Crippen LogP contribution in [0.2, 0.25) is 10.0 Å². The van der Waals surface area contributed by atoms with Crippen molar-refractivity contribution in [1.29, 1.82) is 0 Å². The Morgan fingerprint density at radius 2 is 1.94 bits per heavy atom. The summed E-state index contributed by atoms with van der Waals surface area (Å²) in [6.07, 6.45) is 3.94. The van der Waals surface area contributed by atoms with Crippen molar-refractivity contribution in [2.24, 2.45) is 0 Å². The Hall–Kier alpha value is -1.51. The van der Waals surface area contributed by atoms with Crippen molar-refractivity contribution in [1.82, 2.24) is 4.98 Å². The average molecular weight is 264 g/mol. The number of hydrogen-bond donors (Lipinski definition) is 1. The summed E-state index contributed by atoms with van der Waals surface area (Å²) in [5.74, 6) is 0.947. The maximum Gasteiger partial charge on any atom is 0.293 e. The minimum absolute atomic E-state index is 0.637. The lowest BCUT2D eigenvalue weighted by molar-refractivity contribution is -0.498. The Morgan fingerprint density at radius 3 is 2.76 bits per heavy atom. The van der Waals surface area contributed by atoms with Gasteiger partial charge in [0.25, 0.3) is 5.82 Å². The summed E-state index contributed by atoms with van der Waals surface area (Å²) in [5.41, 5.74) is 2.02. The van der Waals surface area contributed by atoms with Crippen LogP contribution in [0.15, 0.2) is 48.8 Å². The molecule has 2 heterocycles. The lowest BCUT2D eigenvalue weighted by atomic mass is 10.2. The minimum Gasteiger partial charge on any atom is -0.242 e. The van der Waals surface area contributed by atoms with Crippen molar-refractivity contribution in [3.63, 3.8) is 0 Å². The molecule has 4 heteroatoms. The third kappa shape index (κ3) is 1.79. The molecule has 2 aromatic heterocycles. The Labute approximate surface area is 108 Å². The van der Waals surface area contributed by atoms with Crippen LogP contribution in [-0.2, 0) is 0 Å². The van der Waals surface area contributed by atoms with E-state index in [2.05, 4.69) is 9.38 Å². The molecule has 0 unspecified atom stereocenters. The van der Waals surface area contributed by atoms with Crippen LogP contribution in [0, 0.1) is 0 Å². The first kappa shape index (κ1) is 10.6. The second-order valence-corrected chi connectivity index (χ2v) is 4.60. The molecule has 0 aliphatic heterocycles. The number of fused-ring (bicyclic) bond motifs is 1. The molecule has 0 fully saturated rings. The van der Waals surface area contributed by atoms with Crippen LogP contribution in [0.4, 0.5) is 0 Å². The van der Waals surface area contributed by atoms with Crippen molar-refractivity contribution in [2.45, 2.75) is 0 Å². The predicted molar refractivity (Wildman–Crippen MR) is 69.4 cm³/mol. The summed E-state index contributed by atoms with van der Waals surface area (Å²) < 4.78 is 2.05. The van der Waals surface area contributed by atoms with E-state index in [1.165, 1.54) is 0 Å². The molecule has 1 aromatic carbocycles. The molecule has 0 amide bonds. The van der Waals surface area contributed by atoms with E-state index in [4.69, 9.17) is 23.2 Å². The molecule has 2 nitrogen and oxygen atoms in total. The molecule has 0 aliphatic carbocycles. The standard InChI is InChI=1S/C13H8Cl2N2/c14-9-4-5-11(12(15)7-9)13-16-8-10-3-1-2-6-17(10)13/h1-8H/p+1. The van der Waals surface area contributed by atoms with E-state index in [0.717, 1.165) is 16.9 Å². The first-order valence-electron chi connectivity index (χ1n) is 5.19. The summed E-state index contributed by atoms with van der Waals surface area (Å²) in [6.45, 7) is 0. The number of H-pyrrole nitrogens is 1. The molecule has 0 atom stereocenters. The lowest BCUT2D eigenvalue weighted by Crippen LogP contribution is -2.20. The van der Waals surface area contributed by atoms with Crippen LogP contribution in [0.3, 0.4) is 0 Å². The molecule has 3 aromatic rings. The van der Waals surface area contributed by atoms with Gasteiger partial charge in [-0.15, -0.1) is 0 Å². The fourth-order valence-electron chi connectivity index (χ4n) is 1.88. The van der Waals surface area contributed by atoms with Crippen molar-refractivity contribution in [3.05, 3.63) is 58.8 Å². The maximum absolute atomic E-state index is 6.20. The number of nitrogens with one attached hydrogen (secondary N) is 1. The van der Waals surface area contributed by atoms with Gasteiger partial charge in [0.2, 0.25) is 0 Å². The molecule has 17 heavy (non-hydrogen) atoms. The first-order chi connectivity index (χ1) is 8.25. The summed E-state index contributed by atoms with van der Waals surface area (Å²) >= 11 is 12.1. The SMILES string of the molecule is Clc1ccc(-c2[nH]cc3cccc[n+]23)c(Cl)c1. The summed E-state index contributed by atoms with van der Waals surface area (Å²) in [5, 5.41) is 1.28. The molecule has 0 saturated carbocycles. The molecule has 3 rings (SSSR count). The fraction of sp³-hybridized carbons (Fsp3) is 0. The van der Waals surface area contributed by atoms with Crippen LogP contribution in [0.1, 0.15) is 0 Å². The number of nitrogens with zero attached hydrogens (tertiary/aromatic N) is 1. The number of pyridine rings is 1. The molecule has 0 saturated heterocycles. The Bertz CT molecular complexity index is 689. The van der Waals surface area contributed by atoms with Crippen molar-refractivity contribution >= 4 is 28.7 Å². The van der Waals surface area contributed by atoms with Crippen LogP contribution < -0.4 is 4.40 Å². The van der Waals surface area contributed by atoms with Crippen LogP contribution in [-0.4, -0.2) is 4.98 Å². The van der Waals surface area contributed by atoms with E-state index in [1.807, 2.05) is 42.7 Å². The highest BCUT2D eigenvalue weighted by Gasteiger charge is 2.16. The molecule has 0 spiro atoms. The number of aromatic amines is 1. The van der Waals surface area contributed by atoms with Crippen molar-refractivity contribution < 1.29 is 4.40 Å². The Morgan fingerprint density at radius 1 is 1.06 bits per heavy atom. The largest absolute Gasteiger partial charge is 0.293 e. The van der Waals surface area contributed by atoms with Gasteiger partial charge in [-0.3, -0.25) is 0 Å². The van der Waals surface area contributed by atoms with Crippen molar-refractivity contribution in [3.8, 4) is 11.4 Å². The van der Waals surface area contributed by atoms with Gasteiger partial charge in [0, 0.05) is 5.02 Å². The zero-order chi connectivity index (χ0) is 11.8. The summed E-state index contributed by atoms with van der Waals surface area (Å²) in [6, 6.07) is 11.5. The predicted octanol–water partition coefficient (Wildman–Crippen LogP) is 3.73. The molecule has 1 N–H and O–H groups in total. The number of hydrogen-bond acceptors (Lipinski definition) is 0. The van der Waals surface area contributed by atoms with E-state index in [9.17, 15) is 0 Å². The number of imidazole rings is 1. The van der Waals surface area contributed by atoms with E-state index in [0.29, 0.717) is 10.0 Å². The summed E-state index contributed by atoms with van der Waals surface area (Å²) in [7, 11) is 0. The second kappa shape index (κ2) is 4.06. The fourth-order valence-corrected chi connectivity index (χ4v) is 2.38. The lowest BCUT2D eigenvalue weighted by Gasteiger charge is -1.99. The smallest absolute Gasteiger partial charge is 0.242 e. The van der Waals surface area contributed by atoms with Gasteiger partial charge < -0.3 is 0 Å².